The number of piperidine rings is 1. The molecule has 3 aromatic heterocycles. The van der Waals surface area contributed by atoms with Crippen LogP contribution in [-0.4, -0.2) is 74.3 Å². The largest absolute Gasteiger partial charge is 0.495 e. The molecule has 1 unspecified atom stereocenters. The van der Waals surface area contributed by atoms with Crippen LogP contribution in [0.15, 0.2) is 43.0 Å². The van der Waals surface area contributed by atoms with Gasteiger partial charge in [-0.1, -0.05) is 11.6 Å². The van der Waals surface area contributed by atoms with Gasteiger partial charge >= 0.3 is 6.09 Å². The summed E-state index contributed by atoms with van der Waals surface area (Å²) >= 11 is 0. The van der Waals surface area contributed by atoms with Gasteiger partial charge in [-0.25, -0.2) is 9.48 Å². The molecular weight excluding hydrogens is 506 g/mol. The third-order valence-corrected chi connectivity index (χ3v) is 7.86. The molecule has 1 saturated carbocycles. The van der Waals surface area contributed by atoms with Crippen LogP contribution in [0.1, 0.15) is 71.5 Å². The van der Waals surface area contributed by atoms with Gasteiger partial charge in [0.25, 0.3) is 0 Å². The second-order valence-corrected chi connectivity index (χ2v) is 12.0. The molecule has 40 heavy (non-hydrogen) atoms. The van der Waals surface area contributed by atoms with E-state index in [0.717, 1.165) is 55.1 Å². The van der Waals surface area contributed by atoms with Gasteiger partial charge in [0.1, 0.15) is 17.0 Å². The molecule has 2 aliphatic rings. The number of rotatable bonds is 8. The number of carbonyl (C=O) groups excluding carboxylic acids is 1. The zero-order valence-electron chi connectivity index (χ0n) is 24.3. The Labute approximate surface area is 236 Å². The number of pyridine rings is 2. The number of aromatic nitrogens is 5. The lowest BCUT2D eigenvalue weighted by molar-refractivity contribution is 0.00736. The van der Waals surface area contributed by atoms with Gasteiger partial charge < -0.3 is 19.3 Å². The molecule has 1 aliphatic heterocycles. The molecule has 2 fully saturated rings. The van der Waals surface area contributed by atoms with Crippen molar-refractivity contribution in [2.24, 2.45) is 5.92 Å². The van der Waals surface area contributed by atoms with Crippen molar-refractivity contribution in [3.8, 4) is 17.0 Å². The summed E-state index contributed by atoms with van der Waals surface area (Å²) in [6, 6.07) is 6.10. The van der Waals surface area contributed by atoms with Crippen molar-refractivity contribution < 1.29 is 14.3 Å². The average molecular weight is 548 g/mol. The fourth-order valence-electron chi connectivity index (χ4n) is 5.33. The summed E-state index contributed by atoms with van der Waals surface area (Å²) in [5, 5.41) is 8.67. The van der Waals surface area contributed by atoms with Crippen LogP contribution in [0.5, 0.6) is 5.75 Å². The summed E-state index contributed by atoms with van der Waals surface area (Å²) in [5.41, 5.74) is 3.03. The van der Waals surface area contributed by atoms with E-state index in [4.69, 9.17) is 14.5 Å². The minimum absolute atomic E-state index is 0.0897. The Hall–Kier alpha value is -3.69. The van der Waals surface area contributed by atoms with Gasteiger partial charge in [-0.3, -0.25) is 9.97 Å². The molecule has 0 N–H and O–H groups in total. The summed E-state index contributed by atoms with van der Waals surface area (Å²) in [4.78, 5) is 26.6. The first-order chi connectivity index (χ1) is 19.2. The maximum Gasteiger partial charge on any atom is 0.410 e. The second-order valence-electron chi connectivity index (χ2n) is 12.0. The topological polar surface area (TPSA) is 98.5 Å². The van der Waals surface area contributed by atoms with Gasteiger partial charge in [0.05, 0.1) is 49.2 Å². The summed E-state index contributed by atoms with van der Waals surface area (Å²) in [7, 11) is 1.62. The molecule has 0 spiro atoms. The van der Waals surface area contributed by atoms with Crippen LogP contribution in [0.3, 0.4) is 0 Å². The SMILES string of the molecule is COc1cncc(-c2cn(C(C)c3ccc(N4CCC[C@@H](N(CC5CCC5)C(=O)OC(C)(C)C)C4)cn3)nn2)c1. The van der Waals surface area contributed by atoms with Gasteiger partial charge in [0.15, 0.2) is 0 Å². The molecule has 1 amide bonds. The average Bonchev–Trinajstić information content (AvgIpc) is 3.42. The number of hydrogen-bond donors (Lipinski definition) is 0. The van der Waals surface area contributed by atoms with Crippen molar-refractivity contribution in [2.75, 3.05) is 31.6 Å². The van der Waals surface area contributed by atoms with E-state index in [1.807, 2.05) is 48.8 Å². The molecule has 10 heteroatoms. The minimum Gasteiger partial charge on any atom is -0.495 e. The minimum atomic E-state index is -0.505. The number of hydrogen-bond acceptors (Lipinski definition) is 8. The van der Waals surface area contributed by atoms with E-state index in [1.54, 1.807) is 19.5 Å². The standard InChI is InChI=1S/C30H41N7O3/c1-21(37-20-28(33-34-37)23-14-26(39-5)17-31-15-23)27-12-11-24(16-32-27)35-13-7-10-25(19-35)36(18-22-8-6-9-22)29(38)40-30(2,3)4/h11-12,14-17,20-22,25H,6-10,13,18-19H2,1-5H3/t21?,25-/m1/s1. The van der Waals surface area contributed by atoms with E-state index in [2.05, 4.69) is 39.3 Å². The van der Waals surface area contributed by atoms with Crippen molar-refractivity contribution in [3.05, 3.63) is 48.7 Å². The lowest BCUT2D eigenvalue weighted by Crippen LogP contribution is -2.53. The van der Waals surface area contributed by atoms with Crippen LogP contribution in [0.4, 0.5) is 10.5 Å². The summed E-state index contributed by atoms with van der Waals surface area (Å²) in [6.45, 7) is 10.4. The van der Waals surface area contributed by atoms with Crippen LogP contribution >= 0.6 is 0 Å². The molecule has 10 nitrogen and oxygen atoms in total. The summed E-state index contributed by atoms with van der Waals surface area (Å²) in [5.74, 6) is 1.26. The zero-order chi connectivity index (χ0) is 28.3. The highest BCUT2D eigenvalue weighted by molar-refractivity contribution is 5.69. The Bertz CT molecular complexity index is 1280. The molecule has 1 aliphatic carbocycles. The molecule has 3 aromatic rings. The van der Waals surface area contributed by atoms with E-state index in [1.165, 1.54) is 19.3 Å². The van der Waals surface area contributed by atoms with Crippen LogP contribution < -0.4 is 9.64 Å². The Morgan fingerprint density at radius 2 is 1.98 bits per heavy atom. The third-order valence-electron chi connectivity index (χ3n) is 7.86. The summed E-state index contributed by atoms with van der Waals surface area (Å²) in [6.07, 6.45) is 12.7. The zero-order valence-corrected chi connectivity index (χ0v) is 24.3. The maximum absolute atomic E-state index is 13.2. The van der Waals surface area contributed by atoms with Crippen LogP contribution in [0.2, 0.25) is 0 Å². The van der Waals surface area contributed by atoms with E-state index in [0.29, 0.717) is 11.7 Å². The highest BCUT2D eigenvalue weighted by Crippen LogP contribution is 2.31. The number of methoxy groups -OCH3 is 1. The second kappa shape index (κ2) is 11.8. The number of nitrogens with zero attached hydrogens (tertiary/aromatic N) is 7. The molecule has 2 atom stereocenters. The fraction of sp³-hybridized carbons (Fsp3) is 0.567. The fourth-order valence-corrected chi connectivity index (χ4v) is 5.33. The normalized spacial score (nSPS) is 18.6. The monoisotopic (exact) mass is 547 g/mol. The molecule has 4 heterocycles. The lowest BCUT2D eigenvalue weighted by atomic mass is 9.84. The first kappa shape index (κ1) is 27.9. The van der Waals surface area contributed by atoms with E-state index >= 15 is 0 Å². The number of anilines is 1. The highest BCUT2D eigenvalue weighted by atomic mass is 16.6. The highest BCUT2D eigenvalue weighted by Gasteiger charge is 2.34. The van der Waals surface area contributed by atoms with E-state index in [-0.39, 0.29) is 18.2 Å². The molecule has 1 saturated heterocycles. The van der Waals surface area contributed by atoms with Crippen molar-refractivity contribution in [1.29, 1.82) is 0 Å². The Kier molecular flexibility index (Phi) is 8.23. The number of ether oxygens (including phenoxy) is 2. The maximum atomic E-state index is 13.2. The van der Waals surface area contributed by atoms with Crippen LogP contribution in [0, 0.1) is 5.92 Å². The van der Waals surface area contributed by atoms with Crippen molar-refractivity contribution in [2.45, 2.75) is 77.5 Å². The molecule has 0 radical (unpaired) electrons. The molecule has 0 bridgehead atoms. The van der Waals surface area contributed by atoms with Gasteiger partial charge in [-0.05, 0) is 77.5 Å². The molecule has 5 rings (SSSR count). The molecular formula is C30H41N7O3. The smallest absolute Gasteiger partial charge is 0.410 e. The number of carbonyl (C=O) groups is 1. The van der Waals surface area contributed by atoms with Gasteiger partial charge in [-0.15, -0.1) is 5.10 Å². The number of amides is 1. The first-order valence-electron chi connectivity index (χ1n) is 14.3. The summed E-state index contributed by atoms with van der Waals surface area (Å²) < 4.78 is 12.9. The van der Waals surface area contributed by atoms with Crippen LogP contribution in [0.25, 0.3) is 11.3 Å². The van der Waals surface area contributed by atoms with Gasteiger partial charge in [0, 0.05) is 31.4 Å². The van der Waals surface area contributed by atoms with E-state index < -0.39 is 5.60 Å². The van der Waals surface area contributed by atoms with Crippen molar-refractivity contribution in [3.63, 3.8) is 0 Å². The molecule has 214 valence electrons. The van der Waals surface area contributed by atoms with Gasteiger partial charge in [0.2, 0.25) is 0 Å². The Morgan fingerprint density at radius 1 is 1.15 bits per heavy atom. The third kappa shape index (κ3) is 6.54. The van der Waals surface area contributed by atoms with Gasteiger partial charge in [-0.2, -0.15) is 0 Å². The quantitative estimate of drug-likeness (QED) is 0.372. The molecule has 0 aromatic carbocycles. The van der Waals surface area contributed by atoms with Crippen LogP contribution in [-0.2, 0) is 4.74 Å². The Balaban J connectivity index is 1.26. The first-order valence-corrected chi connectivity index (χ1v) is 14.3. The van der Waals surface area contributed by atoms with Crippen molar-refractivity contribution in [1.82, 2.24) is 29.9 Å². The van der Waals surface area contributed by atoms with E-state index in [9.17, 15) is 4.79 Å². The predicted molar refractivity (Wildman–Crippen MR) is 153 cm³/mol. The predicted octanol–water partition coefficient (Wildman–Crippen LogP) is 5.36. The Morgan fingerprint density at radius 3 is 2.65 bits per heavy atom. The lowest BCUT2D eigenvalue weighted by Gasteiger charge is -2.43. The van der Waals surface area contributed by atoms with Crippen molar-refractivity contribution >= 4 is 11.8 Å².